The molecule has 0 bridgehead atoms. The predicted molar refractivity (Wildman–Crippen MR) is 117 cm³/mol. The number of thioether (sulfide) groups is 2. The first-order valence-electron chi connectivity index (χ1n) is 8.05. The Bertz CT molecular complexity index is 692. The number of rotatable bonds is 2. The summed E-state index contributed by atoms with van der Waals surface area (Å²) in [5, 5.41) is 21.8. The van der Waals surface area contributed by atoms with Crippen molar-refractivity contribution < 1.29 is 10.2 Å². The lowest BCUT2D eigenvalue weighted by atomic mass is 10.0. The lowest BCUT2D eigenvalue weighted by Gasteiger charge is -2.37. The molecule has 2 saturated heterocycles. The topological polar surface area (TPSA) is 46.9 Å². The van der Waals surface area contributed by atoms with Crippen molar-refractivity contribution in [1.82, 2.24) is 0 Å². The lowest BCUT2D eigenvalue weighted by Crippen LogP contribution is -2.49. The molecule has 2 aliphatic rings. The third-order valence-corrected chi connectivity index (χ3v) is 8.44. The van der Waals surface area contributed by atoms with Crippen LogP contribution in [0.2, 0.25) is 0 Å². The number of benzene rings is 1. The second-order valence-electron chi connectivity index (χ2n) is 6.83. The van der Waals surface area contributed by atoms with Crippen LogP contribution >= 0.6 is 48.0 Å². The molecule has 2 heterocycles. The fourth-order valence-electron chi connectivity index (χ4n) is 3.14. The highest BCUT2D eigenvalue weighted by atomic mass is 32.2. The average molecular weight is 415 g/mol. The van der Waals surface area contributed by atoms with E-state index in [-0.39, 0.29) is 10.5 Å². The van der Waals surface area contributed by atoms with Gasteiger partial charge in [-0.2, -0.15) is 0 Å². The van der Waals surface area contributed by atoms with Gasteiger partial charge in [-0.25, -0.2) is 0 Å². The highest BCUT2D eigenvalue weighted by Crippen LogP contribution is 2.47. The molecule has 4 atom stereocenters. The van der Waals surface area contributed by atoms with Crippen molar-refractivity contribution in [2.24, 2.45) is 0 Å². The van der Waals surface area contributed by atoms with Gasteiger partial charge in [-0.1, -0.05) is 54.0 Å². The lowest BCUT2D eigenvalue weighted by molar-refractivity contribution is 0.0759. The number of aliphatic hydroxyl groups is 2. The molecule has 1 aromatic rings. The van der Waals surface area contributed by atoms with Gasteiger partial charge in [0.2, 0.25) is 0 Å². The Balaban J connectivity index is 2.11. The average Bonchev–Trinajstić information content (AvgIpc) is 2.81. The number of hydrogen-bond acceptors (Lipinski definition) is 6. The summed E-state index contributed by atoms with van der Waals surface area (Å²) < 4.78 is 1.30. The van der Waals surface area contributed by atoms with Gasteiger partial charge >= 0.3 is 0 Å². The molecule has 0 aliphatic carbocycles. The van der Waals surface area contributed by atoms with Crippen molar-refractivity contribution >= 4 is 68.0 Å². The van der Waals surface area contributed by atoms with Gasteiger partial charge in [-0.15, -0.1) is 0 Å². The second-order valence-corrected chi connectivity index (χ2v) is 10.8. The Morgan fingerprint density at radius 1 is 0.920 bits per heavy atom. The van der Waals surface area contributed by atoms with E-state index in [9.17, 15) is 10.2 Å². The maximum atomic E-state index is 10.9. The highest BCUT2D eigenvalue weighted by Gasteiger charge is 2.48. The van der Waals surface area contributed by atoms with E-state index in [4.69, 9.17) is 24.4 Å². The maximum Gasteiger partial charge on any atom is 0.152 e. The van der Waals surface area contributed by atoms with Crippen LogP contribution in [0.15, 0.2) is 18.2 Å². The Kier molecular flexibility index (Phi) is 4.92. The Labute approximate surface area is 168 Å². The fourth-order valence-corrected chi connectivity index (χ4v) is 6.62. The minimum atomic E-state index is -1.07. The minimum Gasteiger partial charge on any atom is -0.370 e. The third kappa shape index (κ3) is 2.91. The predicted octanol–water partition coefficient (Wildman–Crippen LogP) is 3.87. The zero-order valence-electron chi connectivity index (χ0n) is 14.8. The van der Waals surface area contributed by atoms with Crippen LogP contribution in [0.5, 0.6) is 0 Å². The summed E-state index contributed by atoms with van der Waals surface area (Å²) in [4.78, 5) is 3.61. The summed E-state index contributed by atoms with van der Waals surface area (Å²) in [5.41, 5.74) is 0.472. The molecule has 2 aliphatic heterocycles. The molecule has 4 unspecified atom stereocenters. The fraction of sp³-hybridized carbons (Fsp3) is 0.529. The van der Waals surface area contributed by atoms with Gasteiger partial charge in [-0.05, 0) is 52.3 Å². The number of nitrogens with zero attached hydrogens (tertiary/aromatic N) is 2. The quantitative estimate of drug-likeness (QED) is 0.708. The van der Waals surface area contributed by atoms with Crippen LogP contribution < -0.4 is 9.80 Å². The zero-order chi connectivity index (χ0) is 18.7. The minimum absolute atomic E-state index is 0.0328. The summed E-state index contributed by atoms with van der Waals surface area (Å²) in [6.45, 7) is 9.47. The molecule has 2 N–H and O–H groups in total. The molecular weight excluding hydrogens is 392 g/mol. The van der Waals surface area contributed by atoms with Gasteiger partial charge in [0.25, 0.3) is 0 Å². The van der Waals surface area contributed by atoms with Crippen LogP contribution in [-0.2, 0) is 0 Å². The van der Waals surface area contributed by atoms with Crippen molar-refractivity contribution in [3.63, 3.8) is 0 Å². The molecule has 0 amide bonds. The monoisotopic (exact) mass is 414 g/mol. The van der Waals surface area contributed by atoms with Gasteiger partial charge in [0.1, 0.15) is 8.64 Å². The molecule has 2 fully saturated rings. The van der Waals surface area contributed by atoms with Crippen LogP contribution in [0, 0.1) is 6.92 Å². The van der Waals surface area contributed by atoms with E-state index in [1.54, 1.807) is 23.6 Å². The van der Waals surface area contributed by atoms with Crippen LogP contribution in [0.1, 0.15) is 33.3 Å². The van der Waals surface area contributed by atoms with Crippen LogP contribution in [-0.4, -0.2) is 40.8 Å². The number of hydrogen-bond donors (Lipinski definition) is 2. The van der Waals surface area contributed by atoms with Gasteiger partial charge in [0, 0.05) is 0 Å². The first-order chi connectivity index (χ1) is 11.5. The molecule has 0 spiro atoms. The molecule has 0 aromatic heterocycles. The van der Waals surface area contributed by atoms with Crippen LogP contribution in [0.25, 0.3) is 0 Å². The van der Waals surface area contributed by atoms with Gasteiger partial charge < -0.3 is 10.2 Å². The zero-order valence-corrected chi connectivity index (χ0v) is 18.1. The standard InChI is InChI=1S/C17H22N2O2S4/c1-9-12(18-14(22)24-10(2)16(18,4)20)7-6-8-13(9)19-15(23)25-11(3)17(19,5)21/h6-8,10-11,20-21H,1-5H3. The van der Waals surface area contributed by atoms with E-state index in [1.807, 2.05) is 39.0 Å². The van der Waals surface area contributed by atoms with Gasteiger partial charge in [0.05, 0.1) is 21.9 Å². The normalized spacial score (nSPS) is 35.8. The third-order valence-electron chi connectivity index (χ3n) is 5.12. The summed E-state index contributed by atoms with van der Waals surface area (Å²) in [6.07, 6.45) is 0. The highest BCUT2D eigenvalue weighted by molar-refractivity contribution is 8.24. The van der Waals surface area contributed by atoms with Crippen LogP contribution in [0.4, 0.5) is 11.4 Å². The summed E-state index contributed by atoms with van der Waals surface area (Å²) in [5.74, 6) is 0. The maximum absolute atomic E-state index is 10.9. The van der Waals surface area contributed by atoms with E-state index in [0.29, 0.717) is 8.64 Å². The number of anilines is 2. The summed E-state index contributed by atoms with van der Waals surface area (Å²) >= 11 is 14.0. The van der Waals surface area contributed by atoms with E-state index in [0.717, 1.165) is 16.9 Å². The smallest absolute Gasteiger partial charge is 0.152 e. The Morgan fingerprint density at radius 2 is 1.28 bits per heavy atom. The molecule has 8 heteroatoms. The van der Waals surface area contributed by atoms with Gasteiger partial charge in [0.15, 0.2) is 11.4 Å². The molecule has 136 valence electrons. The van der Waals surface area contributed by atoms with E-state index in [2.05, 4.69) is 0 Å². The first-order valence-corrected chi connectivity index (χ1v) is 10.6. The SMILES string of the molecule is Cc1c(N2C(=S)SC(C)C2(C)O)cccc1N1C(=S)SC(C)C1(C)O. The van der Waals surface area contributed by atoms with E-state index >= 15 is 0 Å². The first kappa shape index (κ1) is 19.4. The van der Waals surface area contributed by atoms with Crippen molar-refractivity contribution in [1.29, 1.82) is 0 Å². The van der Waals surface area contributed by atoms with Crippen molar-refractivity contribution in [2.45, 2.75) is 56.6 Å². The van der Waals surface area contributed by atoms with E-state index < -0.39 is 11.4 Å². The van der Waals surface area contributed by atoms with Crippen molar-refractivity contribution in [3.8, 4) is 0 Å². The molecule has 4 nitrogen and oxygen atoms in total. The van der Waals surface area contributed by atoms with Gasteiger partial charge in [-0.3, -0.25) is 9.80 Å². The Morgan fingerprint density at radius 3 is 1.56 bits per heavy atom. The molecule has 0 saturated carbocycles. The Hall–Kier alpha value is -0.380. The second kappa shape index (κ2) is 6.35. The van der Waals surface area contributed by atoms with E-state index in [1.165, 1.54) is 23.5 Å². The summed E-state index contributed by atoms with van der Waals surface area (Å²) in [7, 11) is 0. The largest absolute Gasteiger partial charge is 0.370 e. The molecule has 0 radical (unpaired) electrons. The van der Waals surface area contributed by atoms with Crippen molar-refractivity contribution in [2.75, 3.05) is 9.80 Å². The number of thiocarbonyl (C=S) groups is 2. The molecule has 3 rings (SSSR count). The van der Waals surface area contributed by atoms with Crippen LogP contribution in [0.3, 0.4) is 0 Å². The summed E-state index contributed by atoms with van der Waals surface area (Å²) in [6, 6.07) is 5.81. The van der Waals surface area contributed by atoms with Crippen molar-refractivity contribution in [3.05, 3.63) is 23.8 Å². The molecular formula is C17H22N2O2S4. The molecule has 1 aromatic carbocycles. The molecule has 25 heavy (non-hydrogen) atoms.